The molecular formula is C17H23N5O4. The first kappa shape index (κ1) is 18.1. The van der Waals surface area contributed by atoms with E-state index in [1.165, 1.54) is 11.9 Å². The molecule has 1 N–H and O–H groups in total. The molecule has 0 fully saturated rings. The van der Waals surface area contributed by atoms with Crippen LogP contribution in [0.2, 0.25) is 0 Å². The average molecular weight is 361 g/mol. The van der Waals surface area contributed by atoms with Gasteiger partial charge in [-0.05, 0) is 55.7 Å². The second-order valence-corrected chi connectivity index (χ2v) is 7.19. The van der Waals surface area contributed by atoms with Crippen LogP contribution in [0.15, 0.2) is 12.1 Å². The van der Waals surface area contributed by atoms with E-state index in [1.807, 2.05) is 26.8 Å². The number of nitrogens with zero attached hydrogens (tertiary/aromatic N) is 5. The zero-order valence-corrected chi connectivity index (χ0v) is 15.4. The van der Waals surface area contributed by atoms with Gasteiger partial charge in [0.05, 0.1) is 5.56 Å². The van der Waals surface area contributed by atoms with E-state index in [0.29, 0.717) is 30.9 Å². The van der Waals surface area contributed by atoms with Crippen molar-refractivity contribution in [2.24, 2.45) is 0 Å². The summed E-state index contributed by atoms with van der Waals surface area (Å²) in [6, 6.07) is 3.50. The molecule has 1 aromatic heterocycles. The van der Waals surface area contributed by atoms with E-state index in [1.54, 1.807) is 11.0 Å². The maximum atomic E-state index is 12.3. The summed E-state index contributed by atoms with van der Waals surface area (Å²) >= 11 is 0. The van der Waals surface area contributed by atoms with Gasteiger partial charge in [0, 0.05) is 20.2 Å². The first-order chi connectivity index (χ1) is 12.3. The molecule has 1 aromatic carbocycles. The molecule has 1 aliphatic rings. The number of fused-ring (bicyclic) bond motifs is 1. The Morgan fingerprint density at radius 1 is 1.31 bits per heavy atom. The van der Waals surface area contributed by atoms with Crippen LogP contribution >= 0.6 is 0 Å². The van der Waals surface area contributed by atoms with E-state index >= 15 is 0 Å². The molecule has 0 bridgehead atoms. The number of carbonyl (C=O) groups excluding carboxylic acids is 1. The van der Waals surface area contributed by atoms with Gasteiger partial charge in [-0.1, -0.05) is 0 Å². The third kappa shape index (κ3) is 3.93. The summed E-state index contributed by atoms with van der Waals surface area (Å²) in [6.07, 6.45) is 0.310. The van der Waals surface area contributed by atoms with Crippen LogP contribution in [-0.2, 0) is 29.2 Å². The van der Waals surface area contributed by atoms with Gasteiger partial charge in [0.25, 0.3) is 0 Å². The molecule has 2 heterocycles. The summed E-state index contributed by atoms with van der Waals surface area (Å²) in [5, 5.41) is 22.4. The number of tetrazole rings is 1. The van der Waals surface area contributed by atoms with E-state index < -0.39 is 5.60 Å². The summed E-state index contributed by atoms with van der Waals surface area (Å²) in [7, 11) is 1.54. The van der Waals surface area contributed by atoms with Gasteiger partial charge in [-0.15, -0.1) is 15.0 Å². The highest BCUT2D eigenvalue weighted by Gasteiger charge is 2.27. The number of carbonyl (C=O) groups is 1. The largest absolute Gasteiger partial charge is 0.507 e. The number of phenolic OH excluding ortho intramolecular Hbond substituents is 1. The van der Waals surface area contributed by atoms with E-state index in [2.05, 4.69) is 15.4 Å². The van der Waals surface area contributed by atoms with Crippen LogP contribution in [0.25, 0.3) is 11.4 Å². The molecule has 3 rings (SSSR count). The van der Waals surface area contributed by atoms with Gasteiger partial charge in [-0.2, -0.15) is 0 Å². The fraction of sp³-hybridized carbons (Fsp3) is 0.529. The Morgan fingerprint density at radius 2 is 2.08 bits per heavy atom. The van der Waals surface area contributed by atoms with Crippen molar-refractivity contribution in [1.82, 2.24) is 25.1 Å². The van der Waals surface area contributed by atoms with Crippen LogP contribution in [0.3, 0.4) is 0 Å². The number of rotatable bonds is 3. The van der Waals surface area contributed by atoms with Gasteiger partial charge < -0.3 is 19.5 Å². The minimum Gasteiger partial charge on any atom is -0.507 e. The first-order valence-electron chi connectivity index (χ1n) is 8.36. The Bertz CT molecular complexity index is 812. The van der Waals surface area contributed by atoms with Gasteiger partial charge in [-0.25, -0.2) is 4.79 Å². The number of hydrogen-bond acceptors (Lipinski definition) is 7. The topological polar surface area (TPSA) is 103 Å². The van der Waals surface area contributed by atoms with Crippen molar-refractivity contribution in [2.45, 2.75) is 46.1 Å². The number of ether oxygens (including phenoxy) is 2. The maximum absolute atomic E-state index is 12.3. The lowest BCUT2D eigenvalue weighted by atomic mass is 9.96. The van der Waals surface area contributed by atoms with E-state index in [0.717, 1.165) is 11.1 Å². The highest BCUT2D eigenvalue weighted by molar-refractivity contribution is 5.70. The van der Waals surface area contributed by atoms with Gasteiger partial charge in [0.15, 0.2) is 6.73 Å². The number of aromatic hydroxyl groups is 1. The molecule has 1 aliphatic heterocycles. The van der Waals surface area contributed by atoms with Gasteiger partial charge in [0.2, 0.25) is 5.82 Å². The van der Waals surface area contributed by atoms with Crippen LogP contribution in [0.5, 0.6) is 5.75 Å². The van der Waals surface area contributed by atoms with Gasteiger partial charge in [0.1, 0.15) is 11.4 Å². The van der Waals surface area contributed by atoms with Crippen molar-refractivity contribution in [3.05, 3.63) is 23.3 Å². The van der Waals surface area contributed by atoms with E-state index in [-0.39, 0.29) is 18.6 Å². The summed E-state index contributed by atoms with van der Waals surface area (Å²) in [5.41, 5.74) is 1.90. The Balaban J connectivity index is 1.81. The number of aromatic nitrogens is 4. The molecular weight excluding hydrogens is 338 g/mol. The number of methoxy groups -OCH3 is 1. The molecule has 0 atom stereocenters. The molecule has 0 aliphatic carbocycles. The molecule has 1 amide bonds. The lowest BCUT2D eigenvalue weighted by Crippen LogP contribution is -2.39. The summed E-state index contributed by atoms with van der Waals surface area (Å²) in [4.78, 5) is 15.2. The Morgan fingerprint density at radius 3 is 2.77 bits per heavy atom. The number of amides is 1. The number of phenols is 1. The lowest BCUT2D eigenvalue weighted by Gasteiger charge is -2.31. The summed E-state index contributed by atoms with van der Waals surface area (Å²) < 4.78 is 10.4. The molecule has 26 heavy (non-hydrogen) atoms. The number of benzene rings is 1. The second-order valence-electron chi connectivity index (χ2n) is 7.19. The van der Waals surface area contributed by atoms with E-state index in [4.69, 9.17) is 9.47 Å². The van der Waals surface area contributed by atoms with Gasteiger partial charge >= 0.3 is 6.09 Å². The molecule has 0 unspecified atom stereocenters. The second kappa shape index (κ2) is 6.91. The van der Waals surface area contributed by atoms with Crippen LogP contribution < -0.4 is 0 Å². The van der Waals surface area contributed by atoms with Gasteiger partial charge in [-0.3, -0.25) is 0 Å². The zero-order chi connectivity index (χ0) is 18.9. The van der Waals surface area contributed by atoms with Crippen molar-refractivity contribution < 1.29 is 19.4 Å². The van der Waals surface area contributed by atoms with Crippen molar-refractivity contribution in [3.63, 3.8) is 0 Å². The third-order valence-corrected chi connectivity index (χ3v) is 3.92. The highest BCUT2D eigenvalue weighted by atomic mass is 16.6. The number of hydrogen-bond donors (Lipinski definition) is 1. The third-order valence-electron chi connectivity index (χ3n) is 3.92. The quantitative estimate of drug-likeness (QED) is 0.891. The summed E-state index contributed by atoms with van der Waals surface area (Å²) in [6.45, 7) is 6.64. The predicted octanol–water partition coefficient (Wildman–Crippen LogP) is 1.94. The Kier molecular flexibility index (Phi) is 4.82. The maximum Gasteiger partial charge on any atom is 0.410 e. The Hall–Kier alpha value is -2.68. The van der Waals surface area contributed by atoms with Crippen LogP contribution in [-0.4, -0.2) is 55.6 Å². The highest BCUT2D eigenvalue weighted by Crippen LogP contribution is 2.32. The zero-order valence-electron chi connectivity index (χ0n) is 15.4. The van der Waals surface area contributed by atoms with Crippen molar-refractivity contribution in [2.75, 3.05) is 13.7 Å². The fourth-order valence-corrected chi connectivity index (χ4v) is 2.78. The monoisotopic (exact) mass is 361 g/mol. The molecule has 2 aromatic rings. The van der Waals surface area contributed by atoms with E-state index in [9.17, 15) is 9.90 Å². The molecule has 0 spiro atoms. The fourth-order valence-electron chi connectivity index (χ4n) is 2.78. The minimum atomic E-state index is -0.539. The summed E-state index contributed by atoms with van der Waals surface area (Å²) in [5.74, 6) is 0.378. The van der Waals surface area contributed by atoms with Crippen molar-refractivity contribution >= 4 is 6.09 Å². The van der Waals surface area contributed by atoms with Crippen LogP contribution in [0, 0.1) is 0 Å². The Labute approximate surface area is 151 Å². The van der Waals surface area contributed by atoms with Crippen molar-refractivity contribution in [3.8, 4) is 17.1 Å². The average Bonchev–Trinajstić information content (AvgIpc) is 3.01. The lowest BCUT2D eigenvalue weighted by molar-refractivity contribution is 0.0224. The molecule has 0 radical (unpaired) electrons. The van der Waals surface area contributed by atoms with Crippen LogP contribution in [0.1, 0.15) is 31.9 Å². The standard InChI is InChI=1S/C17H23N5O4/c1-17(2,3)26-16(24)21-6-5-11-7-13(14(23)8-12(11)9-21)15-18-20-22(19-15)10-25-4/h7-8,23H,5-6,9-10H2,1-4H3. The van der Waals surface area contributed by atoms with Crippen molar-refractivity contribution in [1.29, 1.82) is 0 Å². The molecule has 0 saturated carbocycles. The predicted molar refractivity (Wildman–Crippen MR) is 92.3 cm³/mol. The smallest absolute Gasteiger partial charge is 0.410 e. The first-order valence-corrected chi connectivity index (χ1v) is 8.36. The van der Waals surface area contributed by atoms with Crippen LogP contribution in [0.4, 0.5) is 4.79 Å². The normalized spacial score (nSPS) is 14.2. The minimum absolute atomic E-state index is 0.0479. The molecule has 0 saturated heterocycles. The molecule has 9 heteroatoms. The molecule has 140 valence electrons. The molecule has 9 nitrogen and oxygen atoms in total. The SMILES string of the molecule is COCn1nnc(-c2cc3c(cc2O)CN(C(=O)OC(C)(C)C)CC3)n1.